The maximum Gasteiger partial charge on any atom is 2.00 e. The van der Waals surface area contributed by atoms with Crippen molar-refractivity contribution in [1.82, 2.24) is 0 Å². The Balaban J connectivity index is -0.0000000150. The summed E-state index contributed by atoms with van der Waals surface area (Å²) in [5, 5.41) is 0. The number of hydrogen-bond acceptors (Lipinski definition) is 2. The van der Waals surface area contributed by atoms with Crippen LogP contribution in [0, 0.1) is 0 Å². The van der Waals surface area contributed by atoms with Gasteiger partial charge in [-0.2, -0.15) is 0 Å². The van der Waals surface area contributed by atoms with Crippen molar-refractivity contribution < 1.29 is 45.2 Å². The van der Waals surface area contributed by atoms with Crippen LogP contribution in [0.15, 0.2) is 0 Å². The molecule has 0 aromatic rings. The normalized spacial score (nSPS) is 4.29. The van der Waals surface area contributed by atoms with Crippen molar-refractivity contribution in [2.24, 2.45) is 11.5 Å². The van der Waals surface area contributed by atoms with Crippen LogP contribution in [-0.2, 0) is 20.4 Å². The minimum atomic E-state index is 0. The first-order valence-corrected chi connectivity index (χ1v) is 1.32. The van der Waals surface area contributed by atoms with Crippen LogP contribution in [0.25, 0.3) is 0 Å². The number of halogens is 2. The van der Waals surface area contributed by atoms with Gasteiger partial charge in [-0.25, -0.2) is 0 Å². The minimum absolute atomic E-state index is 0. The average molecular weight is 237 g/mol. The Morgan fingerprint density at radius 2 is 1.00 bits per heavy atom. The first kappa shape index (κ1) is 24.2. The van der Waals surface area contributed by atoms with Crippen molar-refractivity contribution in [3.8, 4) is 0 Å². The molecule has 0 aromatic carbocycles. The van der Waals surface area contributed by atoms with Gasteiger partial charge in [-0.05, 0) is 0 Å². The van der Waals surface area contributed by atoms with E-state index >= 15 is 0 Å². The summed E-state index contributed by atoms with van der Waals surface area (Å²) < 4.78 is 0. The van der Waals surface area contributed by atoms with Crippen LogP contribution in [0.4, 0.5) is 0 Å². The SMILES string of the molecule is NCCN.[Cl-].[Cl-].[Pd+2]. The van der Waals surface area contributed by atoms with E-state index in [1.807, 2.05) is 0 Å². The van der Waals surface area contributed by atoms with Crippen LogP contribution in [0.2, 0.25) is 0 Å². The molecule has 0 aliphatic heterocycles. The van der Waals surface area contributed by atoms with Gasteiger partial charge in [-0.3, -0.25) is 0 Å². The summed E-state index contributed by atoms with van der Waals surface area (Å²) in [4.78, 5) is 0. The van der Waals surface area contributed by atoms with Crippen molar-refractivity contribution in [2.75, 3.05) is 13.1 Å². The molecule has 4 N–H and O–H groups in total. The van der Waals surface area contributed by atoms with Gasteiger partial charge in [0.15, 0.2) is 0 Å². The molecule has 0 aliphatic carbocycles. The van der Waals surface area contributed by atoms with E-state index in [0.717, 1.165) is 0 Å². The molecule has 0 heterocycles. The third kappa shape index (κ3) is 40.8. The van der Waals surface area contributed by atoms with Crippen LogP contribution >= 0.6 is 0 Å². The monoisotopic (exact) mass is 236 g/mol. The second kappa shape index (κ2) is 27.2. The molecule has 0 saturated heterocycles. The Morgan fingerprint density at radius 3 is 1.00 bits per heavy atom. The number of hydrogen-bond donors (Lipinski definition) is 2. The van der Waals surface area contributed by atoms with Crippen molar-refractivity contribution >= 4 is 0 Å². The fraction of sp³-hybridized carbons (Fsp3) is 1.00. The van der Waals surface area contributed by atoms with Gasteiger partial charge in [0.05, 0.1) is 0 Å². The molecule has 0 fully saturated rings. The smallest absolute Gasteiger partial charge is 1.00 e. The minimum Gasteiger partial charge on any atom is -1.00 e. The molecule has 0 aliphatic rings. The van der Waals surface area contributed by atoms with E-state index in [-0.39, 0.29) is 45.2 Å². The molecule has 5 heteroatoms. The van der Waals surface area contributed by atoms with E-state index in [0.29, 0.717) is 13.1 Å². The number of nitrogens with two attached hydrogens (primary N) is 2. The van der Waals surface area contributed by atoms with Crippen molar-refractivity contribution in [2.45, 2.75) is 0 Å². The van der Waals surface area contributed by atoms with E-state index in [4.69, 9.17) is 11.5 Å². The van der Waals surface area contributed by atoms with Crippen molar-refractivity contribution in [1.29, 1.82) is 0 Å². The number of rotatable bonds is 1. The van der Waals surface area contributed by atoms with E-state index in [2.05, 4.69) is 0 Å². The van der Waals surface area contributed by atoms with Gasteiger partial charge in [0.2, 0.25) is 0 Å². The molecule has 0 atom stereocenters. The summed E-state index contributed by atoms with van der Waals surface area (Å²) in [6.45, 7) is 1.19. The summed E-state index contributed by atoms with van der Waals surface area (Å²) in [6.07, 6.45) is 0. The maximum atomic E-state index is 4.90. The summed E-state index contributed by atoms with van der Waals surface area (Å²) in [6, 6.07) is 0. The summed E-state index contributed by atoms with van der Waals surface area (Å²) in [7, 11) is 0. The van der Waals surface area contributed by atoms with Gasteiger partial charge >= 0.3 is 20.4 Å². The molecule has 0 spiro atoms. The molecule has 0 unspecified atom stereocenters. The molecule has 0 bridgehead atoms. The second-order valence-corrected chi connectivity index (χ2v) is 0.577. The standard InChI is InChI=1S/C2H8N2.2ClH.Pd/c3-1-2-4;;;/h1-4H2;2*1H;/q;;;+2/p-2. The molecule has 0 amide bonds. The third-order valence-corrected chi connectivity index (χ3v) is 0.167. The fourth-order valence-electron chi connectivity index (χ4n) is 0. The zero-order chi connectivity index (χ0) is 3.41. The quantitative estimate of drug-likeness (QED) is 0.445. The fourth-order valence-corrected chi connectivity index (χ4v) is 0. The molecule has 0 aromatic heterocycles. The molecular formula is C2H8Cl2N2Pd. The van der Waals surface area contributed by atoms with E-state index in [1.54, 1.807) is 0 Å². The van der Waals surface area contributed by atoms with Crippen LogP contribution in [0.5, 0.6) is 0 Å². The first-order chi connectivity index (χ1) is 1.91. The van der Waals surface area contributed by atoms with Crippen LogP contribution < -0.4 is 36.3 Å². The predicted octanol–water partition coefficient (Wildman–Crippen LogP) is -7.09. The Kier molecular flexibility index (Phi) is 93.9. The Morgan fingerprint density at radius 1 is 0.857 bits per heavy atom. The topological polar surface area (TPSA) is 52.0 Å². The molecule has 0 radical (unpaired) electrons. The Labute approximate surface area is 69.9 Å². The largest absolute Gasteiger partial charge is 2.00 e. The Bertz CT molecular complexity index is 15.7. The predicted molar refractivity (Wildman–Crippen MR) is 18.1 cm³/mol. The summed E-state index contributed by atoms with van der Waals surface area (Å²) >= 11 is 0. The first-order valence-electron chi connectivity index (χ1n) is 1.32. The van der Waals surface area contributed by atoms with E-state index in [9.17, 15) is 0 Å². The van der Waals surface area contributed by atoms with Crippen LogP contribution in [0.1, 0.15) is 0 Å². The van der Waals surface area contributed by atoms with E-state index in [1.165, 1.54) is 0 Å². The van der Waals surface area contributed by atoms with Gasteiger partial charge in [-0.15, -0.1) is 0 Å². The van der Waals surface area contributed by atoms with Crippen LogP contribution in [-0.4, -0.2) is 13.1 Å². The molecule has 50 valence electrons. The average Bonchev–Trinajstić information content (AvgIpc) is 1.37. The zero-order valence-corrected chi connectivity index (χ0v) is 6.71. The van der Waals surface area contributed by atoms with Gasteiger partial charge in [-0.1, -0.05) is 0 Å². The van der Waals surface area contributed by atoms with Gasteiger partial charge < -0.3 is 36.3 Å². The van der Waals surface area contributed by atoms with Gasteiger partial charge in [0.1, 0.15) is 0 Å². The third-order valence-electron chi connectivity index (χ3n) is 0.167. The van der Waals surface area contributed by atoms with Crippen molar-refractivity contribution in [3.63, 3.8) is 0 Å². The van der Waals surface area contributed by atoms with E-state index < -0.39 is 0 Å². The van der Waals surface area contributed by atoms with Gasteiger partial charge in [0, 0.05) is 13.1 Å². The molecule has 7 heavy (non-hydrogen) atoms. The molecular weight excluding hydrogens is 229 g/mol. The second-order valence-electron chi connectivity index (χ2n) is 0.577. The van der Waals surface area contributed by atoms with Gasteiger partial charge in [0.25, 0.3) is 0 Å². The van der Waals surface area contributed by atoms with Crippen LogP contribution in [0.3, 0.4) is 0 Å². The summed E-state index contributed by atoms with van der Waals surface area (Å²) in [5.74, 6) is 0. The molecule has 0 rings (SSSR count). The Hall–Kier alpha value is 1.16. The zero-order valence-electron chi connectivity index (χ0n) is 3.64. The maximum absolute atomic E-state index is 4.90. The molecule has 0 saturated carbocycles. The van der Waals surface area contributed by atoms with Crippen molar-refractivity contribution in [3.05, 3.63) is 0 Å². The molecule has 2 nitrogen and oxygen atoms in total. The summed E-state index contributed by atoms with van der Waals surface area (Å²) in [5.41, 5.74) is 9.81.